The van der Waals surface area contributed by atoms with Crippen LogP contribution < -0.4 is 0 Å². The topological polar surface area (TPSA) is 79.0 Å². The van der Waals surface area contributed by atoms with Gasteiger partial charge in [-0.1, -0.05) is 0 Å². The molecule has 8 heteroatoms. The van der Waals surface area contributed by atoms with Gasteiger partial charge in [0, 0.05) is 24.7 Å². The van der Waals surface area contributed by atoms with Crippen molar-refractivity contribution in [2.75, 3.05) is 7.05 Å². The van der Waals surface area contributed by atoms with Crippen LogP contribution in [0.1, 0.15) is 9.88 Å². The Labute approximate surface area is 103 Å². The van der Waals surface area contributed by atoms with Gasteiger partial charge in [-0.3, -0.25) is 0 Å². The summed E-state index contributed by atoms with van der Waals surface area (Å²) in [5.74, 6) is 0. The fourth-order valence-electron chi connectivity index (χ4n) is 1.33. The van der Waals surface area contributed by atoms with Crippen molar-refractivity contribution >= 4 is 21.4 Å². The Morgan fingerprint density at radius 3 is 2.76 bits per heavy atom. The molecule has 92 valence electrons. The molecular formula is C9H12N4O2S2. The zero-order valence-corrected chi connectivity index (χ0v) is 11.0. The van der Waals surface area contributed by atoms with E-state index in [4.69, 9.17) is 0 Å². The molecule has 0 aromatic carbocycles. The lowest BCUT2D eigenvalue weighted by molar-refractivity contribution is 0.467. The van der Waals surface area contributed by atoms with Crippen LogP contribution in [0.25, 0.3) is 0 Å². The lowest BCUT2D eigenvalue weighted by Crippen LogP contribution is -2.26. The summed E-state index contributed by atoms with van der Waals surface area (Å²) in [5, 5.41) is 1.02. The molecule has 0 bridgehead atoms. The molecule has 0 fully saturated rings. The van der Waals surface area contributed by atoms with Gasteiger partial charge in [0.05, 0.1) is 17.5 Å². The Kier molecular flexibility index (Phi) is 3.27. The Morgan fingerprint density at radius 2 is 2.24 bits per heavy atom. The standard InChI is InChI=1S/C9H12N4O2S2/c1-7-11-3-8(16-7)5-13(2)17(14,15)9-4-10-6-12-9/h3-4,6H,5H2,1-2H3,(H,10,12). The van der Waals surface area contributed by atoms with E-state index in [0.717, 1.165) is 9.88 Å². The van der Waals surface area contributed by atoms with Crippen molar-refractivity contribution in [1.29, 1.82) is 0 Å². The predicted molar refractivity (Wildman–Crippen MR) is 64.1 cm³/mol. The van der Waals surface area contributed by atoms with E-state index in [1.807, 2.05) is 6.92 Å². The van der Waals surface area contributed by atoms with E-state index in [0.29, 0.717) is 6.54 Å². The molecule has 0 spiro atoms. The van der Waals surface area contributed by atoms with Crippen molar-refractivity contribution in [3.8, 4) is 0 Å². The van der Waals surface area contributed by atoms with Gasteiger partial charge in [-0.15, -0.1) is 11.3 Å². The highest BCUT2D eigenvalue weighted by Crippen LogP contribution is 2.17. The third-order valence-corrected chi connectivity index (χ3v) is 4.84. The summed E-state index contributed by atoms with van der Waals surface area (Å²) in [5.41, 5.74) is 0. The number of aromatic nitrogens is 3. The second-order valence-electron chi connectivity index (χ2n) is 3.52. The van der Waals surface area contributed by atoms with Gasteiger partial charge in [0.1, 0.15) is 0 Å². The highest BCUT2D eigenvalue weighted by Gasteiger charge is 2.22. The summed E-state index contributed by atoms with van der Waals surface area (Å²) in [7, 11) is -1.96. The predicted octanol–water partition coefficient (Wildman–Crippen LogP) is 0.995. The first-order chi connectivity index (χ1) is 8.00. The quantitative estimate of drug-likeness (QED) is 0.900. The third kappa shape index (κ3) is 2.54. The molecule has 2 aromatic rings. The molecule has 0 aliphatic carbocycles. The number of aryl methyl sites for hydroxylation is 1. The second-order valence-corrected chi connectivity index (χ2v) is 6.86. The Morgan fingerprint density at radius 1 is 1.47 bits per heavy atom. The van der Waals surface area contributed by atoms with Crippen LogP contribution >= 0.6 is 11.3 Å². The van der Waals surface area contributed by atoms with Crippen LogP contribution in [0, 0.1) is 6.92 Å². The summed E-state index contributed by atoms with van der Waals surface area (Å²) < 4.78 is 25.4. The molecule has 0 saturated carbocycles. The summed E-state index contributed by atoms with van der Waals surface area (Å²) >= 11 is 1.49. The van der Waals surface area contributed by atoms with E-state index in [9.17, 15) is 8.42 Å². The molecule has 2 heterocycles. The Hall–Kier alpha value is -1.25. The molecule has 17 heavy (non-hydrogen) atoms. The molecule has 0 atom stereocenters. The Balaban J connectivity index is 2.18. The van der Waals surface area contributed by atoms with Crippen molar-refractivity contribution in [3.63, 3.8) is 0 Å². The van der Waals surface area contributed by atoms with Crippen molar-refractivity contribution < 1.29 is 8.42 Å². The number of H-pyrrole nitrogens is 1. The maximum absolute atomic E-state index is 12.0. The van der Waals surface area contributed by atoms with Crippen LogP contribution in [0.2, 0.25) is 0 Å². The molecule has 0 unspecified atom stereocenters. The minimum Gasteiger partial charge on any atom is -0.335 e. The number of hydrogen-bond acceptors (Lipinski definition) is 5. The number of aromatic amines is 1. The molecule has 0 amide bonds. The first kappa shape index (κ1) is 12.2. The van der Waals surface area contributed by atoms with Gasteiger partial charge in [-0.25, -0.2) is 18.4 Å². The molecule has 2 aromatic heterocycles. The van der Waals surface area contributed by atoms with Crippen LogP contribution in [-0.4, -0.2) is 34.7 Å². The maximum atomic E-state index is 12.0. The van der Waals surface area contributed by atoms with Crippen molar-refractivity contribution in [1.82, 2.24) is 19.3 Å². The van der Waals surface area contributed by atoms with Gasteiger partial charge in [0.2, 0.25) is 0 Å². The van der Waals surface area contributed by atoms with Crippen molar-refractivity contribution in [3.05, 3.63) is 28.6 Å². The highest BCUT2D eigenvalue weighted by atomic mass is 32.2. The number of sulfonamides is 1. The monoisotopic (exact) mass is 272 g/mol. The smallest absolute Gasteiger partial charge is 0.260 e. The van der Waals surface area contributed by atoms with Gasteiger partial charge in [-0.05, 0) is 6.92 Å². The first-order valence-corrected chi connectivity index (χ1v) is 7.12. The van der Waals surface area contributed by atoms with Gasteiger partial charge in [-0.2, -0.15) is 4.31 Å². The number of thiazole rings is 1. The first-order valence-electron chi connectivity index (χ1n) is 4.86. The minimum absolute atomic E-state index is 0.0984. The molecule has 2 rings (SSSR count). The number of nitrogens with one attached hydrogen (secondary N) is 1. The van der Waals surface area contributed by atoms with Gasteiger partial charge >= 0.3 is 0 Å². The van der Waals surface area contributed by atoms with Crippen LogP contribution in [0.3, 0.4) is 0 Å². The van der Waals surface area contributed by atoms with E-state index in [-0.39, 0.29) is 5.03 Å². The zero-order valence-electron chi connectivity index (χ0n) is 9.41. The fraction of sp³-hybridized carbons (Fsp3) is 0.333. The molecule has 0 aliphatic heterocycles. The van der Waals surface area contributed by atoms with Crippen LogP contribution in [0.4, 0.5) is 0 Å². The Bertz CT molecular complexity index is 588. The normalized spacial score (nSPS) is 12.2. The second kappa shape index (κ2) is 4.55. The molecule has 0 saturated heterocycles. The van der Waals surface area contributed by atoms with Gasteiger partial charge in [0.15, 0.2) is 5.03 Å². The van der Waals surface area contributed by atoms with E-state index in [1.54, 1.807) is 6.20 Å². The number of hydrogen-bond donors (Lipinski definition) is 1. The van der Waals surface area contributed by atoms with E-state index in [1.165, 1.54) is 35.2 Å². The van der Waals surface area contributed by atoms with Crippen LogP contribution in [0.15, 0.2) is 23.7 Å². The van der Waals surface area contributed by atoms with Gasteiger partial charge < -0.3 is 4.98 Å². The summed E-state index contributed by atoms with van der Waals surface area (Å²) in [6.07, 6.45) is 4.33. The molecule has 6 nitrogen and oxygen atoms in total. The molecule has 0 aliphatic rings. The number of imidazole rings is 1. The maximum Gasteiger partial charge on any atom is 0.260 e. The zero-order chi connectivity index (χ0) is 12.5. The average molecular weight is 272 g/mol. The largest absolute Gasteiger partial charge is 0.335 e. The highest BCUT2D eigenvalue weighted by molar-refractivity contribution is 7.89. The molecular weight excluding hydrogens is 260 g/mol. The van der Waals surface area contributed by atoms with Crippen molar-refractivity contribution in [2.45, 2.75) is 18.5 Å². The minimum atomic E-state index is -3.49. The average Bonchev–Trinajstić information content (AvgIpc) is 2.89. The number of nitrogens with zero attached hydrogens (tertiary/aromatic N) is 3. The summed E-state index contributed by atoms with van der Waals surface area (Å²) in [4.78, 5) is 11.3. The third-order valence-electron chi connectivity index (χ3n) is 2.21. The molecule has 0 radical (unpaired) electrons. The molecule has 1 N–H and O–H groups in total. The number of rotatable bonds is 4. The fourth-order valence-corrected chi connectivity index (χ4v) is 3.31. The van der Waals surface area contributed by atoms with E-state index >= 15 is 0 Å². The lowest BCUT2D eigenvalue weighted by Gasteiger charge is -2.14. The van der Waals surface area contributed by atoms with Crippen LogP contribution in [0.5, 0.6) is 0 Å². The van der Waals surface area contributed by atoms with E-state index in [2.05, 4.69) is 15.0 Å². The lowest BCUT2D eigenvalue weighted by atomic mass is 10.5. The van der Waals surface area contributed by atoms with Crippen LogP contribution in [-0.2, 0) is 16.6 Å². The SMILES string of the molecule is Cc1ncc(CN(C)S(=O)(=O)c2cnc[nH]2)s1. The van der Waals surface area contributed by atoms with Crippen molar-refractivity contribution in [2.24, 2.45) is 0 Å². The summed E-state index contributed by atoms with van der Waals surface area (Å²) in [6, 6.07) is 0. The van der Waals surface area contributed by atoms with Gasteiger partial charge in [0.25, 0.3) is 10.0 Å². The van der Waals surface area contributed by atoms with E-state index < -0.39 is 10.0 Å². The summed E-state index contributed by atoms with van der Waals surface area (Å²) in [6.45, 7) is 2.20.